The Morgan fingerprint density at radius 3 is 2.61 bits per heavy atom. The van der Waals surface area contributed by atoms with Crippen molar-refractivity contribution >= 4 is 50.7 Å². The number of rotatable bonds is 10. The van der Waals surface area contributed by atoms with Gasteiger partial charge in [0.25, 0.3) is 5.91 Å². The van der Waals surface area contributed by atoms with Crippen LogP contribution in [0.1, 0.15) is 71.1 Å². The first-order valence-corrected chi connectivity index (χ1v) is 17.2. The minimum atomic E-state index is -1.21. The van der Waals surface area contributed by atoms with Gasteiger partial charge in [0.05, 0.1) is 40.7 Å². The van der Waals surface area contributed by atoms with Gasteiger partial charge in [-0.3, -0.25) is 14.7 Å². The molecule has 1 aliphatic heterocycles. The van der Waals surface area contributed by atoms with Crippen molar-refractivity contribution in [1.29, 1.82) is 0 Å². The van der Waals surface area contributed by atoms with Crippen LogP contribution in [0.2, 0.25) is 10.0 Å². The third-order valence-electron chi connectivity index (χ3n) is 9.01. The summed E-state index contributed by atoms with van der Waals surface area (Å²) in [6.07, 6.45) is 6.97. The molecule has 3 fully saturated rings. The van der Waals surface area contributed by atoms with E-state index >= 15 is 4.39 Å². The quantitative estimate of drug-likeness (QED) is 0.204. The number of halogens is 3. The molecule has 3 aromatic heterocycles. The van der Waals surface area contributed by atoms with Gasteiger partial charge in [0, 0.05) is 61.2 Å². The molecule has 4 aromatic rings. The van der Waals surface area contributed by atoms with Crippen molar-refractivity contribution in [2.24, 2.45) is 0 Å². The van der Waals surface area contributed by atoms with Crippen molar-refractivity contribution in [2.75, 3.05) is 39.4 Å². The number of nitrogens with one attached hydrogen (secondary N) is 1. The maximum Gasteiger partial charge on any atom is 0.251 e. The highest BCUT2D eigenvalue weighted by Crippen LogP contribution is 2.47. The lowest BCUT2D eigenvalue weighted by atomic mass is 9.83. The highest BCUT2D eigenvalue weighted by molar-refractivity contribution is 7.18. The monoisotopic (exact) mass is 689 g/mol. The van der Waals surface area contributed by atoms with E-state index in [2.05, 4.69) is 25.3 Å². The second-order valence-corrected chi connectivity index (χ2v) is 14.0. The van der Waals surface area contributed by atoms with Crippen molar-refractivity contribution < 1.29 is 28.3 Å². The van der Waals surface area contributed by atoms with Crippen molar-refractivity contribution in [3.63, 3.8) is 0 Å². The molecule has 10 nitrogen and oxygen atoms in total. The number of hydrogen-bond donors (Lipinski definition) is 2. The Morgan fingerprint density at radius 2 is 1.89 bits per heavy atom. The van der Waals surface area contributed by atoms with E-state index in [0.29, 0.717) is 88.9 Å². The maximum atomic E-state index is 15.1. The fraction of sp³-hybridized carbons (Fsp3) is 0.500. The van der Waals surface area contributed by atoms with Crippen molar-refractivity contribution in [1.82, 2.24) is 25.3 Å². The van der Waals surface area contributed by atoms with Gasteiger partial charge < -0.3 is 24.4 Å². The van der Waals surface area contributed by atoms with Gasteiger partial charge in [-0.25, -0.2) is 9.37 Å². The van der Waals surface area contributed by atoms with E-state index in [0.717, 1.165) is 37.3 Å². The van der Waals surface area contributed by atoms with Crippen LogP contribution in [-0.2, 0) is 21.7 Å². The SMILES string of the molecule is O=C(NCCN1CCOCC1)c1cc(F)c2nc([C@]3(O)CC[C@@H](OCc4c(-c5c(Cl)cncc5Cl)noc4C4CC4)CC3)sc2c1. The van der Waals surface area contributed by atoms with Crippen LogP contribution in [0.5, 0.6) is 0 Å². The summed E-state index contributed by atoms with van der Waals surface area (Å²) >= 11 is 14.1. The van der Waals surface area contributed by atoms with Gasteiger partial charge in [-0.15, -0.1) is 11.3 Å². The van der Waals surface area contributed by atoms with Gasteiger partial charge in [-0.2, -0.15) is 0 Å². The smallest absolute Gasteiger partial charge is 0.251 e. The summed E-state index contributed by atoms with van der Waals surface area (Å²) in [6, 6.07) is 2.86. The molecular formula is C32H34Cl2FN5O5S. The van der Waals surface area contributed by atoms with Crippen LogP contribution in [0.3, 0.4) is 0 Å². The maximum absolute atomic E-state index is 15.1. The van der Waals surface area contributed by atoms with E-state index in [1.165, 1.54) is 29.8 Å². The zero-order chi connectivity index (χ0) is 31.8. The zero-order valence-corrected chi connectivity index (χ0v) is 27.4. The van der Waals surface area contributed by atoms with Crippen LogP contribution in [0.4, 0.5) is 4.39 Å². The van der Waals surface area contributed by atoms with Gasteiger partial charge in [0.15, 0.2) is 5.82 Å². The number of aromatic nitrogens is 3. The summed E-state index contributed by atoms with van der Waals surface area (Å²) in [7, 11) is 0. The minimum Gasteiger partial charge on any atom is -0.383 e. The van der Waals surface area contributed by atoms with Gasteiger partial charge in [-0.05, 0) is 50.7 Å². The molecule has 14 heteroatoms. The first kappa shape index (κ1) is 31.9. The Labute approximate surface area is 279 Å². The molecule has 1 aromatic carbocycles. The molecule has 1 amide bonds. The number of benzene rings is 1. The Balaban J connectivity index is 0.995. The van der Waals surface area contributed by atoms with E-state index in [4.69, 9.17) is 37.2 Å². The van der Waals surface area contributed by atoms with Crippen molar-refractivity contribution in [3.8, 4) is 11.3 Å². The van der Waals surface area contributed by atoms with E-state index < -0.39 is 11.4 Å². The summed E-state index contributed by atoms with van der Waals surface area (Å²) in [6.45, 7) is 4.47. The molecule has 2 aliphatic carbocycles. The van der Waals surface area contributed by atoms with Gasteiger partial charge in [0.1, 0.15) is 27.6 Å². The third kappa shape index (κ3) is 6.66. The number of thiazole rings is 1. The normalized spacial score (nSPS) is 22.4. The third-order valence-corrected chi connectivity index (χ3v) is 10.8. The highest BCUT2D eigenvalue weighted by atomic mass is 35.5. The average Bonchev–Trinajstić information content (AvgIpc) is 3.65. The number of nitrogens with zero attached hydrogens (tertiary/aromatic N) is 4. The lowest BCUT2D eigenvalue weighted by Crippen LogP contribution is -2.41. The molecule has 3 aliphatic rings. The first-order valence-electron chi connectivity index (χ1n) is 15.6. The summed E-state index contributed by atoms with van der Waals surface area (Å²) in [5.41, 5.74) is 1.16. The van der Waals surface area contributed by atoms with E-state index in [1.54, 1.807) is 6.07 Å². The van der Waals surface area contributed by atoms with Crippen LogP contribution in [0.25, 0.3) is 21.5 Å². The molecule has 0 unspecified atom stereocenters. The van der Waals surface area contributed by atoms with Gasteiger partial charge in [0.2, 0.25) is 0 Å². The van der Waals surface area contributed by atoms with Crippen LogP contribution in [0, 0.1) is 5.82 Å². The molecule has 0 spiro atoms. The standard InChI is InChI=1S/C32H34Cl2FN5O5S/c33-22-15-36-16-23(34)26(22)27-21(29(45-39-27)18-1-2-18)17-44-20-3-5-32(42,6-4-20)31-38-28-24(35)13-19(14-25(28)46-31)30(41)37-7-8-40-9-11-43-12-10-40/h13-16,18,20,42H,1-12,17H2,(H,37,41)/t20-,32+. The largest absolute Gasteiger partial charge is 0.383 e. The molecule has 244 valence electrons. The predicted octanol–water partition coefficient (Wildman–Crippen LogP) is 6.08. The topological polar surface area (TPSA) is 123 Å². The number of carbonyl (C=O) groups excluding carboxylic acids is 1. The Hall–Kier alpha value is -2.71. The molecule has 2 N–H and O–H groups in total. The highest BCUT2D eigenvalue weighted by Gasteiger charge is 2.39. The van der Waals surface area contributed by atoms with Gasteiger partial charge in [-0.1, -0.05) is 28.4 Å². The fourth-order valence-electron chi connectivity index (χ4n) is 6.19. The van der Waals surface area contributed by atoms with Crippen LogP contribution < -0.4 is 5.32 Å². The molecule has 0 radical (unpaired) electrons. The van der Waals surface area contributed by atoms with Crippen molar-refractivity contribution in [3.05, 3.63) is 62.3 Å². The van der Waals surface area contributed by atoms with Crippen molar-refractivity contribution in [2.45, 2.75) is 62.8 Å². The summed E-state index contributed by atoms with van der Waals surface area (Å²) in [5, 5.41) is 20.0. The second-order valence-electron chi connectivity index (χ2n) is 12.2. The number of amides is 1. The minimum absolute atomic E-state index is 0.114. The summed E-state index contributed by atoms with van der Waals surface area (Å²) in [4.78, 5) is 23.6. The number of ether oxygens (including phenoxy) is 2. The Morgan fingerprint density at radius 1 is 1.15 bits per heavy atom. The second kappa shape index (κ2) is 13.4. The van der Waals surface area contributed by atoms with E-state index in [-0.39, 0.29) is 29.7 Å². The van der Waals surface area contributed by atoms with E-state index in [9.17, 15) is 9.90 Å². The number of fused-ring (bicyclic) bond motifs is 1. The molecule has 2 saturated carbocycles. The number of aliphatic hydroxyl groups is 1. The zero-order valence-electron chi connectivity index (χ0n) is 25.1. The fourth-order valence-corrected chi connectivity index (χ4v) is 7.89. The molecule has 0 atom stereocenters. The van der Waals surface area contributed by atoms with E-state index in [1.807, 2.05) is 0 Å². The average molecular weight is 691 g/mol. The molecule has 1 saturated heterocycles. The van der Waals surface area contributed by atoms with Crippen LogP contribution in [-0.4, -0.2) is 76.5 Å². The summed E-state index contributed by atoms with van der Waals surface area (Å²) < 4.78 is 33.1. The number of pyridine rings is 1. The number of morpholine rings is 1. The lowest BCUT2D eigenvalue weighted by Gasteiger charge is -2.34. The lowest BCUT2D eigenvalue weighted by molar-refractivity contribution is -0.0641. The summed E-state index contributed by atoms with van der Waals surface area (Å²) in [5.74, 6) is 0.184. The van der Waals surface area contributed by atoms with Crippen LogP contribution in [0.15, 0.2) is 29.0 Å². The molecule has 46 heavy (non-hydrogen) atoms. The molecule has 0 bridgehead atoms. The molecule has 4 heterocycles. The molecular weight excluding hydrogens is 656 g/mol. The first-order chi connectivity index (χ1) is 22.3. The number of carbonyl (C=O) groups is 1. The Kier molecular flexibility index (Phi) is 9.30. The number of hydrogen-bond acceptors (Lipinski definition) is 10. The Bertz CT molecular complexity index is 1710. The predicted molar refractivity (Wildman–Crippen MR) is 172 cm³/mol. The van der Waals surface area contributed by atoms with Crippen LogP contribution >= 0.6 is 34.5 Å². The molecule has 7 rings (SSSR count). The van der Waals surface area contributed by atoms with Gasteiger partial charge >= 0.3 is 0 Å².